The van der Waals surface area contributed by atoms with Crippen LogP contribution < -0.4 is 5.48 Å². The van der Waals surface area contributed by atoms with E-state index in [-0.39, 0.29) is 0 Å². The van der Waals surface area contributed by atoms with Crippen molar-refractivity contribution in [3.05, 3.63) is 0 Å². The molecule has 8 heavy (non-hydrogen) atoms. The molecule has 1 heterocycles. The number of amides is 1. The summed E-state index contributed by atoms with van der Waals surface area (Å²) in [6.07, 6.45) is 0. The second-order valence-electron chi connectivity index (χ2n) is 0.905. The van der Waals surface area contributed by atoms with Gasteiger partial charge in [0.1, 0.15) is 4.91 Å². The minimum atomic E-state index is -0.840. The lowest BCUT2D eigenvalue weighted by Crippen LogP contribution is -2.23. The summed E-state index contributed by atoms with van der Waals surface area (Å²) >= 11 is 0. The normalized spacial score (nSPS) is 9.62. The average Bonchev–Trinajstić information content (AvgIpc) is 2.45. The van der Waals surface area contributed by atoms with Crippen molar-refractivity contribution < 1.29 is 24.4 Å². The molecule has 7 heteroatoms. The van der Waals surface area contributed by atoms with Gasteiger partial charge >= 0.3 is 6.03 Å². The van der Waals surface area contributed by atoms with Gasteiger partial charge in [-0.2, -0.15) is 5.48 Å². The molecule has 2 N–H and O–H groups in total. The molecule has 1 amide bonds. The summed E-state index contributed by atoms with van der Waals surface area (Å²) < 4.78 is 7.71. The van der Waals surface area contributed by atoms with Gasteiger partial charge in [0.25, 0.3) is 0 Å². The summed E-state index contributed by atoms with van der Waals surface area (Å²) in [6.45, 7) is 0. The van der Waals surface area contributed by atoms with E-state index in [4.69, 9.17) is 5.26 Å². The van der Waals surface area contributed by atoms with Gasteiger partial charge < -0.3 is 0 Å². The molecule has 0 aliphatic heterocycles. The number of hydrogen-bond donors (Lipinski definition) is 2. The number of carbonyl (C=O) groups is 1. The van der Waals surface area contributed by atoms with E-state index in [1.807, 2.05) is 0 Å². The predicted molar refractivity (Wildman–Crippen MR) is 16.6 cm³/mol. The molecular formula is CH2N2O5. The summed E-state index contributed by atoms with van der Waals surface area (Å²) in [6, 6.07) is -0.840. The van der Waals surface area contributed by atoms with Gasteiger partial charge in [-0.25, -0.2) is 10.1 Å². The lowest BCUT2D eigenvalue weighted by molar-refractivity contribution is -0.277. The summed E-state index contributed by atoms with van der Waals surface area (Å²) in [5.41, 5.74) is 1.50. The van der Waals surface area contributed by atoms with Crippen LogP contribution in [-0.2, 0) is 4.99 Å². The van der Waals surface area contributed by atoms with E-state index in [1.165, 1.54) is 5.48 Å². The summed E-state index contributed by atoms with van der Waals surface area (Å²) in [5, 5.41) is 7.54. The van der Waals surface area contributed by atoms with Crippen LogP contribution >= 0.6 is 0 Å². The van der Waals surface area contributed by atoms with E-state index in [0.717, 1.165) is 0 Å². The Balaban J connectivity index is 2.28. The third-order valence-electron chi connectivity index (χ3n) is 0.448. The zero-order chi connectivity index (χ0) is 5.98. The summed E-state index contributed by atoms with van der Waals surface area (Å²) in [7, 11) is 0. The predicted octanol–water partition coefficient (Wildman–Crippen LogP) is -0.364. The van der Waals surface area contributed by atoms with Gasteiger partial charge in [0.2, 0.25) is 0 Å². The number of hydroxylamine groups is 1. The summed E-state index contributed by atoms with van der Waals surface area (Å²) in [4.78, 5) is 13.8. The van der Waals surface area contributed by atoms with Crippen molar-refractivity contribution in [2.24, 2.45) is 0 Å². The zero-order valence-corrected chi connectivity index (χ0v) is 3.53. The van der Waals surface area contributed by atoms with Gasteiger partial charge in [-0.05, 0) is 0 Å². The first-order chi connectivity index (χ1) is 3.84. The molecule has 0 aliphatic carbocycles. The molecule has 0 bridgehead atoms. The highest BCUT2D eigenvalue weighted by atomic mass is 17.3. The molecule has 0 fully saturated rings. The van der Waals surface area contributed by atoms with E-state index in [0.29, 0.717) is 4.91 Å². The maximum absolute atomic E-state index is 10.1. The molecule has 0 saturated heterocycles. The van der Waals surface area contributed by atoms with Gasteiger partial charge in [0, 0.05) is 0 Å². The van der Waals surface area contributed by atoms with Gasteiger partial charge in [-0.15, -0.1) is 14.4 Å². The highest BCUT2D eigenvalue weighted by molar-refractivity contribution is 5.72. The van der Waals surface area contributed by atoms with Crippen LogP contribution in [0, 0.1) is 0 Å². The van der Waals surface area contributed by atoms with E-state index in [9.17, 15) is 4.79 Å². The highest BCUT2D eigenvalue weighted by Gasteiger charge is 2.13. The molecule has 1 rings (SSSR count). The van der Waals surface area contributed by atoms with Crippen molar-refractivity contribution in [1.29, 1.82) is 0 Å². The van der Waals surface area contributed by atoms with E-state index in [1.54, 1.807) is 0 Å². The Kier molecular flexibility index (Phi) is 1.06. The standard InChI is InChI=1S/CH2N2O5/c4-1(2-6-5)3-7-8-3/h5H,(H,2,4). The molecule has 0 radical (unpaired) electrons. The molecule has 0 unspecified atom stereocenters. The Hall–Kier alpha value is -1.21. The topological polar surface area (TPSA) is 89.8 Å². The first-order valence-electron chi connectivity index (χ1n) is 1.60. The Morgan fingerprint density at radius 3 is 2.75 bits per heavy atom. The van der Waals surface area contributed by atoms with Crippen LogP contribution in [0.2, 0.25) is 0 Å². The van der Waals surface area contributed by atoms with Crippen LogP contribution in [0.1, 0.15) is 0 Å². The van der Waals surface area contributed by atoms with Crippen LogP contribution in [-0.4, -0.2) is 16.2 Å². The number of hydrogen-bond acceptors (Lipinski definition) is 5. The van der Waals surface area contributed by atoms with Crippen LogP contribution in [0.25, 0.3) is 0 Å². The molecule has 7 nitrogen and oxygen atoms in total. The Morgan fingerprint density at radius 2 is 2.38 bits per heavy atom. The van der Waals surface area contributed by atoms with Crippen LogP contribution in [0.4, 0.5) is 4.79 Å². The van der Waals surface area contributed by atoms with Crippen molar-refractivity contribution in [3.63, 3.8) is 0 Å². The minimum absolute atomic E-state index is 0.468. The van der Waals surface area contributed by atoms with E-state index in [2.05, 4.69) is 14.4 Å². The third-order valence-corrected chi connectivity index (χ3v) is 0.448. The molecule has 0 aliphatic rings. The van der Waals surface area contributed by atoms with Gasteiger partial charge in [0.15, 0.2) is 0 Å². The van der Waals surface area contributed by atoms with Gasteiger partial charge in [0.05, 0.1) is 0 Å². The van der Waals surface area contributed by atoms with E-state index < -0.39 is 6.03 Å². The quantitative estimate of drug-likeness (QED) is 0.392. The molecule has 1 aromatic rings. The summed E-state index contributed by atoms with van der Waals surface area (Å²) in [5.74, 6) is 0. The Labute approximate surface area is 42.1 Å². The fraction of sp³-hybridized carbons (Fsp3) is 0. The largest absolute Gasteiger partial charge is 0.422 e. The molecule has 0 atom stereocenters. The number of carbonyl (C=O) groups excluding carboxylic acids is 1. The first-order valence-corrected chi connectivity index (χ1v) is 1.60. The smallest absolute Gasteiger partial charge is 0.239 e. The number of nitrogens with zero attached hydrogens (tertiary/aromatic N) is 1. The van der Waals surface area contributed by atoms with Crippen molar-refractivity contribution in [1.82, 2.24) is 10.4 Å². The molecular weight excluding hydrogens is 120 g/mol. The van der Waals surface area contributed by atoms with Crippen molar-refractivity contribution >= 4 is 6.03 Å². The fourth-order valence-corrected chi connectivity index (χ4v) is 0.161. The SMILES string of the molecule is O=C(NOO)n1oo1. The second kappa shape index (κ2) is 1.72. The third kappa shape index (κ3) is 0.891. The molecule has 0 saturated carbocycles. The van der Waals surface area contributed by atoms with E-state index >= 15 is 0 Å². The Bertz CT molecular complexity index is 150. The minimum Gasteiger partial charge on any atom is -0.239 e. The average molecular weight is 122 g/mol. The van der Waals surface area contributed by atoms with Crippen molar-refractivity contribution in [2.45, 2.75) is 0 Å². The zero-order valence-electron chi connectivity index (χ0n) is 3.53. The molecule has 0 aromatic carbocycles. The molecule has 0 spiro atoms. The van der Waals surface area contributed by atoms with Crippen molar-refractivity contribution in [2.75, 3.05) is 0 Å². The lowest BCUT2D eigenvalue weighted by Gasteiger charge is -1.85. The van der Waals surface area contributed by atoms with Crippen LogP contribution in [0.3, 0.4) is 0 Å². The maximum atomic E-state index is 10.1. The van der Waals surface area contributed by atoms with Crippen molar-refractivity contribution in [3.8, 4) is 0 Å². The second-order valence-corrected chi connectivity index (χ2v) is 0.905. The number of aromatic nitrogens is 1. The van der Waals surface area contributed by atoms with Gasteiger partial charge in [-0.3, -0.25) is 0 Å². The lowest BCUT2D eigenvalue weighted by atomic mass is 11.1. The highest BCUT2D eigenvalue weighted by Crippen LogP contribution is 1.90. The fourth-order valence-electron chi connectivity index (χ4n) is 0.161. The van der Waals surface area contributed by atoms with Gasteiger partial charge in [-0.1, -0.05) is 0 Å². The number of nitrogens with one attached hydrogen (secondary N) is 1. The monoisotopic (exact) mass is 122 g/mol. The van der Waals surface area contributed by atoms with Crippen LogP contribution in [0.15, 0.2) is 9.36 Å². The Morgan fingerprint density at radius 1 is 1.75 bits per heavy atom. The maximum Gasteiger partial charge on any atom is 0.422 e. The number of rotatable bonds is 1. The van der Waals surface area contributed by atoms with Crippen LogP contribution in [0.5, 0.6) is 0 Å². The molecule has 1 aromatic heterocycles. The first kappa shape index (κ1) is 4.94. The molecule has 46 valence electrons.